The molecule has 20 heavy (non-hydrogen) atoms. The van der Waals surface area contributed by atoms with E-state index in [1.165, 1.54) is 6.26 Å². The van der Waals surface area contributed by atoms with Crippen LogP contribution in [0, 0.1) is 0 Å². The van der Waals surface area contributed by atoms with Gasteiger partial charge in [-0.2, -0.15) is 0 Å². The van der Waals surface area contributed by atoms with Crippen LogP contribution in [0.15, 0.2) is 40.7 Å². The van der Waals surface area contributed by atoms with Gasteiger partial charge in [0.15, 0.2) is 9.84 Å². The maximum absolute atomic E-state index is 11.4. The fourth-order valence-electron chi connectivity index (χ4n) is 1.99. The van der Waals surface area contributed by atoms with Crippen LogP contribution >= 0.6 is 11.3 Å². The Morgan fingerprint density at radius 3 is 2.30 bits per heavy atom. The molecule has 0 radical (unpaired) electrons. The van der Waals surface area contributed by atoms with Crippen molar-refractivity contribution in [2.24, 2.45) is 0 Å². The lowest BCUT2D eigenvalue weighted by molar-refractivity contribution is 0.493. The monoisotopic (exact) mass is 310 g/mol. The average molecular weight is 310 g/mol. The summed E-state index contributed by atoms with van der Waals surface area (Å²) in [4.78, 5) is 4.63. The second-order valence-corrected chi connectivity index (χ2v) is 7.76. The number of rotatable bonds is 5. The van der Waals surface area contributed by atoms with Crippen molar-refractivity contribution < 1.29 is 8.42 Å². The smallest absolute Gasteiger partial charge is 0.175 e. The Balaban J connectivity index is 2.08. The fourth-order valence-corrected chi connectivity index (χ4v) is 3.28. The second-order valence-electron chi connectivity index (χ2n) is 4.82. The summed E-state index contributed by atoms with van der Waals surface area (Å²) < 4.78 is 22.8. The molecule has 0 amide bonds. The number of nitrogens with zero attached hydrogens (tertiary/aromatic N) is 1. The highest BCUT2D eigenvalue weighted by Gasteiger charge is 2.14. The second kappa shape index (κ2) is 6.03. The number of sulfone groups is 1. The predicted molar refractivity (Wildman–Crippen MR) is 81.6 cm³/mol. The lowest BCUT2D eigenvalue weighted by Crippen LogP contribution is -2.22. The van der Waals surface area contributed by atoms with Gasteiger partial charge in [-0.25, -0.2) is 13.4 Å². The van der Waals surface area contributed by atoms with Crippen LogP contribution in [0.3, 0.4) is 0 Å². The molecule has 1 N–H and O–H groups in total. The van der Waals surface area contributed by atoms with E-state index in [4.69, 9.17) is 0 Å². The first-order chi connectivity index (χ1) is 9.38. The minimum Gasteiger partial charge on any atom is -0.302 e. The molecule has 0 saturated heterocycles. The van der Waals surface area contributed by atoms with E-state index in [0.717, 1.165) is 10.6 Å². The van der Waals surface area contributed by atoms with E-state index in [1.54, 1.807) is 29.7 Å². The van der Waals surface area contributed by atoms with Gasteiger partial charge >= 0.3 is 0 Å². The lowest BCUT2D eigenvalue weighted by atomic mass is 10.1. The average Bonchev–Trinajstić information content (AvgIpc) is 2.91. The van der Waals surface area contributed by atoms with E-state index in [-0.39, 0.29) is 12.1 Å². The van der Waals surface area contributed by atoms with E-state index in [1.807, 2.05) is 17.5 Å². The van der Waals surface area contributed by atoms with Crippen molar-refractivity contribution in [2.45, 2.75) is 30.8 Å². The van der Waals surface area contributed by atoms with E-state index in [0.29, 0.717) is 4.90 Å². The van der Waals surface area contributed by atoms with E-state index in [2.05, 4.69) is 24.1 Å². The third-order valence-corrected chi connectivity index (χ3v) is 5.22. The van der Waals surface area contributed by atoms with Gasteiger partial charge in [0.05, 0.1) is 10.9 Å². The van der Waals surface area contributed by atoms with Crippen LogP contribution in [0.1, 0.15) is 36.5 Å². The molecule has 0 aliphatic heterocycles. The topological polar surface area (TPSA) is 59.1 Å². The SMILES string of the molecule is CC(NC(C)c1nccs1)c1ccc(S(C)(=O)=O)cc1. The van der Waals surface area contributed by atoms with Gasteiger partial charge in [0.25, 0.3) is 0 Å². The van der Waals surface area contributed by atoms with Crippen LogP contribution in [-0.2, 0) is 9.84 Å². The highest BCUT2D eigenvalue weighted by Crippen LogP contribution is 2.21. The molecule has 0 bridgehead atoms. The Bertz CT molecular complexity index is 649. The van der Waals surface area contributed by atoms with Crippen LogP contribution in [0.2, 0.25) is 0 Å². The third kappa shape index (κ3) is 3.65. The first-order valence-corrected chi connectivity index (χ1v) is 9.10. The summed E-state index contributed by atoms with van der Waals surface area (Å²) in [6.45, 7) is 4.12. The highest BCUT2D eigenvalue weighted by atomic mass is 32.2. The van der Waals surface area contributed by atoms with Crippen LogP contribution in [0.25, 0.3) is 0 Å². The van der Waals surface area contributed by atoms with Crippen molar-refractivity contribution in [3.8, 4) is 0 Å². The molecule has 0 saturated carbocycles. The molecule has 1 heterocycles. The molecule has 1 aromatic carbocycles. The van der Waals surface area contributed by atoms with E-state index < -0.39 is 9.84 Å². The first kappa shape index (κ1) is 15.2. The van der Waals surface area contributed by atoms with Crippen molar-refractivity contribution in [2.75, 3.05) is 6.26 Å². The molecule has 2 rings (SSSR count). The van der Waals surface area contributed by atoms with E-state index >= 15 is 0 Å². The Hall–Kier alpha value is -1.24. The maximum atomic E-state index is 11.4. The minimum atomic E-state index is -3.13. The lowest BCUT2D eigenvalue weighted by Gasteiger charge is -2.19. The van der Waals surface area contributed by atoms with Crippen LogP contribution in [0.5, 0.6) is 0 Å². The Morgan fingerprint density at radius 1 is 1.15 bits per heavy atom. The minimum absolute atomic E-state index is 0.127. The number of hydrogen-bond acceptors (Lipinski definition) is 5. The normalized spacial score (nSPS) is 14.9. The summed E-state index contributed by atoms with van der Waals surface area (Å²) in [5, 5.41) is 6.46. The number of thiazole rings is 1. The zero-order valence-electron chi connectivity index (χ0n) is 11.7. The summed E-state index contributed by atoms with van der Waals surface area (Å²) in [5.41, 5.74) is 1.06. The standard InChI is InChI=1S/C14H18N2O2S2/c1-10(16-11(2)14-15-8-9-19-14)12-4-6-13(7-5-12)20(3,17)18/h4-11,16H,1-3H3. The van der Waals surface area contributed by atoms with Gasteiger partial charge < -0.3 is 5.32 Å². The molecular formula is C14H18N2O2S2. The molecular weight excluding hydrogens is 292 g/mol. The number of nitrogens with one attached hydrogen (secondary N) is 1. The van der Waals surface area contributed by atoms with Crippen LogP contribution in [-0.4, -0.2) is 19.7 Å². The largest absolute Gasteiger partial charge is 0.302 e. The van der Waals surface area contributed by atoms with Gasteiger partial charge in [0, 0.05) is 23.9 Å². The summed E-state index contributed by atoms with van der Waals surface area (Å²) in [7, 11) is -3.13. The zero-order valence-corrected chi connectivity index (χ0v) is 13.3. The first-order valence-electron chi connectivity index (χ1n) is 6.33. The molecule has 6 heteroatoms. The zero-order chi connectivity index (χ0) is 14.8. The number of aromatic nitrogens is 1. The molecule has 2 unspecified atom stereocenters. The molecule has 1 aromatic heterocycles. The molecule has 2 aromatic rings. The molecule has 0 fully saturated rings. The molecule has 0 aliphatic rings. The van der Waals surface area contributed by atoms with Gasteiger partial charge in [0.1, 0.15) is 5.01 Å². The molecule has 4 nitrogen and oxygen atoms in total. The quantitative estimate of drug-likeness (QED) is 0.922. The van der Waals surface area contributed by atoms with Crippen LogP contribution < -0.4 is 5.32 Å². The molecule has 2 atom stereocenters. The molecule has 0 spiro atoms. The molecule has 108 valence electrons. The summed E-state index contributed by atoms with van der Waals surface area (Å²) >= 11 is 1.62. The summed E-state index contributed by atoms with van der Waals surface area (Å²) in [6, 6.07) is 7.29. The Kier molecular flexibility index (Phi) is 4.57. The number of benzene rings is 1. The van der Waals surface area contributed by atoms with Crippen molar-refractivity contribution in [3.63, 3.8) is 0 Å². The van der Waals surface area contributed by atoms with Gasteiger partial charge in [-0.3, -0.25) is 0 Å². The summed E-state index contributed by atoms with van der Waals surface area (Å²) in [6.07, 6.45) is 3.01. The van der Waals surface area contributed by atoms with Crippen molar-refractivity contribution in [1.29, 1.82) is 0 Å². The summed E-state index contributed by atoms with van der Waals surface area (Å²) in [5.74, 6) is 0. The van der Waals surface area contributed by atoms with Gasteiger partial charge in [-0.05, 0) is 31.5 Å². The van der Waals surface area contributed by atoms with Gasteiger partial charge in [-0.1, -0.05) is 12.1 Å². The Labute approximate surface area is 123 Å². The maximum Gasteiger partial charge on any atom is 0.175 e. The fraction of sp³-hybridized carbons (Fsp3) is 0.357. The van der Waals surface area contributed by atoms with Crippen molar-refractivity contribution >= 4 is 21.2 Å². The Morgan fingerprint density at radius 2 is 1.80 bits per heavy atom. The third-order valence-electron chi connectivity index (χ3n) is 3.13. The number of hydrogen-bond donors (Lipinski definition) is 1. The van der Waals surface area contributed by atoms with Crippen LogP contribution in [0.4, 0.5) is 0 Å². The molecule has 0 aliphatic carbocycles. The highest BCUT2D eigenvalue weighted by molar-refractivity contribution is 7.90. The van der Waals surface area contributed by atoms with Crippen molar-refractivity contribution in [3.05, 3.63) is 46.4 Å². The predicted octanol–water partition coefficient (Wildman–Crippen LogP) is 2.96. The van der Waals surface area contributed by atoms with Gasteiger partial charge in [-0.15, -0.1) is 11.3 Å². The van der Waals surface area contributed by atoms with Crippen molar-refractivity contribution in [1.82, 2.24) is 10.3 Å². The van der Waals surface area contributed by atoms with E-state index in [9.17, 15) is 8.42 Å². The van der Waals surface area contributed by atoms with Gasteiger partial charge in [0.2, 0.25) is 0 Å².